The van der Waals surface area contributed by atoms with Gasteiger partial charge in [0.25, 0.3) is 0 Å². The van der Waals surface area contributed by atoms with Crippen LogP contribution in [-0.4, -0.2) is 17.8 Å². The molecule has 1 saturated carbocycles. The summed E-state index contributed by atoms with van der Waals surface area (Å²) >= 11 is 0. The fourth-order valence-corrected chi connectivity index (χ4v) is 2.65. The van der Waals surface area contributed by atoms with Crippen LogP contribution in [0, 0.1) is 11.6 Å². The second-order valence-electron chi connectivity index (χ2n) is 4.82. The quantitative estimate of drug-likeness (QED) is 0.833. The summed E-state index contributed by atoms with van der Waals surface area (Å²) in [6.45, 7) is 0.278. The largest absolute Gasteiger partial charge is 0.393 e. The first-order valence-electron chi connectivity index (χ1n) is 5.92. The summed E-state index contributed by atoms with van der Waals surface area (Å²) in [7, 11) is 0. The predicted molar refractivity (Wildman–Crippen MR) is 61.6 cm³/mol. The lowest BCUT2D eigenvalue weighted by Gasteiger charge is -2.38. The van der Waals surface area contributed by atoms with Crippen molar-refractivity contribution < 1.29 is 13.9 Å². The third-order valence-electron chi connectivity index (χ3n) is 3.83. The smallest absolute Gasteiger partial charge is 0.162 e. The molecule has 0 bridgehead atoms. The minimum Gasteiger partial charge on any atom is -0.393 e. The normalized spacial score (nSPS) is 29.3. The van der Waals surface area contributed by atoms with Crippen LogP contribution in [0.5, 0.6) is 0 Å². The Morgan fingerprint density at radius 2 is 1.94 bits per heavy atom. The molecule has 0 unspecified atom stereocenters. The summed E-state index contributed by atoms with van der Waals surface area (Å²) in [5.74, 6) is -1.63. The Labute approximate surface area is 99.4 Å². The Morgan fingerprint density at radius 1 is 1.29 bits per heavy atom. The van der Waals surface area contributed by atoms with Crippen molar-refractivity contribution in [1.29, 1.82) is 0 Å². The predicted octanol–water partition coefficient (Wildman–Crippen LogP) is 2.10. The van der Waals surface area contributed by atoms with Gasteiger partial charge in [0.2, 0.25) is 0 Å². The highest BCUT2D eigenvalue weighted by Gasteiger charge is 2.37. The maximum atomic E-state index is 13.8. The van der Waals surface area contributed by atoms with Gasteiger partial charge in [0, 0.05) is 12.0 Å². The summed E-state index contributed by atoms with van der Waals surface area (Å²) < 4.78 is 27.1. The van der Waals surface area contributed by atoms with Crippen LogP contribution in [0.4, 0.5) is 8.78 Å². The number of aliphatic hydroxyl groups excluding tert-OH is 1. The van der Waals surface area contributed by atoms with Crippen LogP contribution in [0.3, 0.4) is 0 Å². The SMILES string of the molecule is NCC1(c2cccc(F)c2F)CCC(O)CC1. The molecule has 1 aliphatic rings. The Balaban J connectivity index is 2.38. The lowest BCUT2D eigenvalue weighted by atomic mass is 9.68. The molecule has 0 amide bonds. The number of halogens is 2. The number of hydrogen-bond acceptors (Lipinski definition) is 2. The summed E-state index contributed by atoms with van der Waals surface area (Å²) in [5.41, 5.74) is 5.60. The third kappa shape index (κ3) is 2.19. The van der Waals surface area contributed by atoms with E-state index in [0.717, 1.165) is 6.07 Å². The van der Waals surface area contributed by atoms with Gasteiger partial charge in [-0.1, -0.05) is 12.1 Å². The number of nitrogens with two attached hydrogens (primary N) is 1. The molecule has 2 rings (SSSR count). The van der Waals surface area contributed by atoms with Crippen molar-refractivity contribution in [2.75, 3.05) is 6.54 Å². The van der Waals surface area contributed by atoms with Gasteiger partial charge in [-0.05, 0) is 37.3 Å². The second kappa shape index (κ2) is 4.70. The van der Waals surface area contributed by atoms with Gasteiger partial charge in [0.05, 0.1) is 6.10 Å². The second-order valence-corrected chi connectivity index (χ2v) is 4.82. The first kappa shape index (κ1) is 12.5. The van der Waals surface area contributed by atoms with Crippen molar-refractivity contribution >= 4 is 0 Å². The van der Waals surface area contributed by atoms with E-state index in [-0.39, 0.29) is 12.6 Å². The summed E-state index contributed by atoms with van der Waals surface area (Å²) in [5, 5.41) is 9.50. The molecule has 2 nitrogen and oxygen atoms in total. The van der Waals surface area contributed by atoms with Gasteiger partial charge >= 0.3 is 0 Å². The number of aliphatic hydroxyl groups is 1. The molecule has 1 fully saturated rings. The topological polar surface area (TPSA) is 46.2 Å². The zero-order chi connectivity index (χ0) is 12.5. The van der Waals surface area contributed by atoms with Gasteiger partial charge in [0.1, 0.15) is 0 Å². The van der Waals surface area contributed by atoms with E-state index in [2.05, 4.69) is 0 Å². The fourth-order valence-electron chi connectivity index (χ4n) is 2.65. The van der Waals surface area contributed by atoms with Crippen LogP contribution in [0.2, 0.25) is 0 Å². The van der Waals surface area contributed by atoms with E-state index in [1.807, 2.05) is 0 Å². The zero-order valence-electron chi connectivity index (χ0n) is 9.63. The Hall–Kier alpha value is -1.00. The van der Waals surface area contributed by atoms with Gasteiger partial charge in [-0.25, -0.2) is 8.78 Å². The van der Waals surface area contributed by atoms with Crippen molar-refractivity contribution in [3.63, 3.8) is 0 Å². The van der Waals surface area contributed by atoms with E-state index < -0.39 is 17.0 Å². The van der Waals surface area contributed by atoms with E-state index in [9.17, 15) is 13.9 Å². The number of rotatable bonds is 2. The highest BCUT2D eigenvalue weighted by Crippen LogP contribution is 2.40. The fraction of sp³-hybridized carbons (Fsp3) is 0.538. The van der Waals surface area contributed by atoms with Crippen molar-refractivity contribution in [3.05, 3.63) is 35.4 Å². The lowest BCUT2D eigenvalue weighted by Crippen LogP contribution is -2.41. The van der Waals surface area contributed by atoms with Gasteiger partial charge in [-0.15, -0.1) is 0 Å². The molecule has 0 atom stereocenters. The van der Waals surface area contributed by atoms with Crippen LogP contribution >= 0.6 is 0 Å². The number of benzene rings is 1. The maximum absolute atomic E-state index is 13.8. The van der Waals surface area contributed by atoms with Crippen LogP contribution in [0.15, 0.2) is 18.2 Å². The van der Waals surface area contributed by atoms with E-state index in [1.165, 1.54) is 6.07 Å². The van der Waals surface area contributed by atoms with Crippen LogP contribution < -0.4 is 5.73 Å². The molecular weight excluding hydrogens is 224 g/mol. The molecule has 3 N–H and O–H groups in total. The molecule has 17 heavy (non-hydrogen) atoms. The minimum atomic E-state index is -0.832. The van der Waals surface area contributed by atoms with Crippen molar-refractivity contribution in [2.45, 2.75) is 37.2 Å². The Kier molecular flexibility index (Phi) is 3.45. The van der Waals surface area contributed by atoms with Crippen LogP contribution in [0.1, 0.15) is 31.2 Å². The third-order valence-corrected chi connectivity index (χ3v) is 3.83. The van der Waals surface area contributed by atoms with Crippen molar-refractivity contribution in [3.8, 4) is 0 Å². The first-order valence-corrected chi connectivity index (χ1v) is 5.92. The maximum Gasteiger partial charge on any atom is 0.162 e. The average Bonchev–Trinajstić information content (AvgIpc) is 2.35. The molecule has 4 heteroatoms. The molecule has 0 radical (unpaired) electrons. The first-order chi connectivity index (χ1) is 8.09. The van der Waals surface area contributed by atoms with Gasteiger partial charge in [-0.2, -0.15) is 0 Å². The molecular formula is C13H17F2NO. The molecule has 94 valence electrons. The van der Waals surface area contributed by atoms with E-state index >= 15 is 0 Å². The molecule has 0 aromatic heterocycles. The highest BCUT2D eigenvalue weighted by atomic mass is 19.2. The zero-order valence-corrected chi connectivity index (χ0v) is 9.63. The average molecular weight is 241 g/mol. The van der Waals surface area contributed by atoms with E-state index in [4.69, 9.17) is 5.73 Å². The van der Waals surface area contributed by atoms with Gasteiger partial charge in [0.15, 0.2) is 11.6 Å². The van der Waals surface area contributed by atoms with E-state index in [0.29, 0.717) is 31.2 Å². The summed E-state index contributed by atoms with van der Waals surface area (Å²) in [6.07, 6.45) is 2.04. The van der Waals surface area contributed by atoms with Crippen LogP contribution in [-0.2, 0) is 5.41 Å². The molecule has 1 aromatic rings. The van der Waals surface area contributed by atoms with E-state index in [1.54, 1.807) is 6.07 Å². The highest BCUT2D eigenvalue weighted by molar-refractivity contribution is 5.29. The molecule has 1 aromatic carbocycles. The monoisotopic (exact) mass is 241 g/mol. The van der Waals surface area contributed by atoms with Gasteiger partial charge < -0.3 is 10.8 Å². The van der Waals surface area contributed by atoms with Crippen molar-refractivity contribution in [2.24, 2.45) is 5.73 Å². The minimum absolute atomic E-state index is 0.278. The van der Waals surface area contributed by atoms with Gasteiger partial charge in [-0.3, -0.25) is 0 Å². The lowest BCUT2D eigenvalue weighted by molar-refractivity contribution is 0.0960. The summed E-state index contributed by atoms with van der Waals surface area (Å²) in [4.78, 5) is 0. The van der Waals surface area contributed by atoms with Crippen LogP contribution in [0.25, 0.3) is 0 Å². The van der Waals surface area contributed by atoms with Crippen molar-refractivity contribution in [1.82, 2.24) is 0 Å². The standard InChI is InChI=1S/C13H17F2NO/c14-11-3-1-2-10(12(11)15)13(8-16)6-4-9(17)5-7-13/h1-3,9,17H,4-8,16H2. The molecule has 0 spiro atoms. The molecule has 0 saturated heterocycles. The Bertz CT molecular complexity index is 400. The molecule has 0 heterocycles. The Morgan fingerprint density at radius 3 is 2.53 bits per heavy atom. The summed E-state index contributed by atoms with van der Waals surface area (Å²) in [6, 6.07) is 4.22. The molecule has 0 aliphatic heterocycles. The number of hydrogen-bond donors (Lipinski definition) is 2. The molecule has 1 aliphatic carbocycles.